The van der Waals surface area contributed by atoms with Crippen LogP contribution in [0.5, 0.6) is 0 Å². The summed E-state index contributed by atoms with van der Waals surface area (Å²) in [5.41, 5.74) is 1.29. The Balaban J connectivity index is 1.73. The summed E-state index contributed by atoms with van der Waals surface area (Å²) < 4.78 is 0. The Kier molecular flexibility index (Phi) is 5.74. The monoisotopic (exact) mass is 399 g/mol. The van der Waals surface area contributed by atoms with E-state index in [1.807, 2.05) is 38.1 Å². The van der Waals surface area contributed by atoms with E-state index in [4.69, 9.17) is 0 Å². The van der Waals surface area contributed by atoms with Crippen molar-refractivity contribution in [3.8, 4) is 0 Å². The maximum atomic E-state index is 13.3. The van der Waals surface area contributed by atoms with Gasteiger partial charge in [-0.05, 0) is 55.6 Å². The van der Waals surface area contributed by atoms with Gasteiger partial charge >= 0.3 is 6.03 Å². The van der Waals surface area contributed by atoms with Gasteiger partial charge in [-0.1, -0.05) is 45.0 Å². The molecule has 0 radical (unpaired) electrons. The molecule has 1 aliphatic carbocycles. The number of nitrogens with one attached hydrogen (secondary N) is 1. The number of nitrogens with zero attached hydrogens (tertiary/aromatic N) is 2. The molecule has 0 bridgehead atoms. The predicted molar refractivity (Wildman–Crippen MR) is 112 cm³/mol. The number of aryl methyl sites for hydroxylation is 1. The van der Waals surface area contributed by atoms with Gasteiger partial charge in [-0.15, -0.1) is 0 Å². The van der Waals surface area contributed by atoms with Crippen molar-refractivity contribution < 1.29 is 14.4 Å². The SMILES string of the molecule is CCN(Cc1ccccc1C)C(=O)CN1C(=O)NC2(CC(C)CC(C)(C)C2)C1=O. The summed E-state index contributed by atoms with van der Waals surface area (Å²) in [5.74, 6) is -0.117. The third-order valence-corrected chi connectivity index (χ3v) is 6.27. The van der Waals surface area contributed by atoms with Crippen molar-refractivity contribution in [1.29, 1.82) is 0 Å². The highest BCUT2D eigenvalue weighted by Crippen LogP contribution is 2.46. The van der Waals surface area contributed by atoms with Gasteiger partial charge in [0.25, 0.3) is 5.91 Å². The summed E-state index contributed by atoms with van der Waals surface area (Å²) in [6, 6.07) is 7.49. The molecule has 2 aliphatic rings. The first-order valence-corrected chi connectivity index (χ1v) is 10.5. The maximum absolute atomic E-state index is 13.3. The first-order chi connectivity index (χ1) is 13.6. The van der Waals surface area contributed by atoms with Gasteiger partial charge in [0.15, 0.2) is 0 Å². The van der Waals surface area contributed by atoms with Gasteiger partial charge in [-0.25, -0.2) is 4.79 Å². The summed E-state index contributed by atoms with van der Waals surface area (Å²) in [5, 5.41) is 2.94. The van der Waals surface area contributed by atoms with E-state index in [-0.39, 0.29) is 23.8 Å². The van der Waals surface area contributed by atoms with E-state index >= 15 is 0 Å². The first kappa shape index (κ1) is 21.3. The normalized spacial score (nSPS) is 26.0. The molecular formula is C23H33N3O3. The fraction of sp³-hybridized carbons (Fsp3) is 0.609. The zero-order valence-electron chi connectivity index (χ0n) is 18.2. The van der Waals surface area contributed by atoms with Crippen LogP contribution in [-0.2, 0) is 16.1 Å². The molecular weight excluding hydrogens is 366 g/mol. The van der Waals surface area contributed by atoms with Gasteiger partial charge in [-0.2, -0.15) is 0 Å². The molecule has 3 rings (SSSR count). The van der Waals surface area contributed by atoms with Crippen molar-refractivity contribution in [3.63, 3.8) is 0 Å². The minimum atomic E-state index is -0.869. The molecule has 6 nitrogen and oxygen atoms in total. The Labute approximate surface area is 173 Å². The highest BCUT2D eigenvalue weighted by Gasteiger charge is 2.56. The highest BCUT2D eigenvalue weighted by atomic mass is 16.2. The Morgan fingerprint density at radius 3 is 2.55 bits per heavy atom. The lowest BCUT2D eigenvalue weighted by atomic mass is 9.64. The molecule has 1 aromatic carbocycles. The van der Waals surface area contributed by atoms with Crippen LogP contribution < -0.4 is 5.32 Å². The van der Waals surface area contributed by atoms with E-state index in [0.717, 1.165) is 22.4 Å². The van der Waals surface area contributed by atoms with Crippen molar-refractivity contribution in [2.75, 3.05) is 13.1 Å². The number of likely N-dealkylation sites (N-methyl/N-ethyl adjacent to an activating group) is 1. The molecule has 2 atom stereocenters. The van der Waals surface area contributed by atoms with Gasteiger partial charge in [0, 0.05) is 13.1 Å². The van der Waals surface area contributed by atoms with Crippen LogP contribution in [0, 0.1) is 18.3 Å². The summed E-state index contributed by atoms with van der Waals surface area (Å²) in [6.45, 7) is 11.1. The van der Waals surface area contributed by atoms with Crippen LogP contribution in [0.25, 0.3) is 0 Å². The lowest BCUT2D eigenvalue weighted by Crippen LogP contribution is -2.54. The van der Waals surface area contributed by atoms with Crippen molar-refractivity contribution in [2.24, 2.45) is 11.3 Å². The molecule has 1 saturated carbocycles. The fourth-order valence-corrected chi connectivity index (χ4v) is 5.25. The topological polar surface area (TPSA) is 69.7 Å². The van der Waals surface area contributed by atoms with Crippen molar-refractivity contribution in [2.45, 2.75) is 66.0 Å². The second-order valence-corrected chi connectivity index (χ2v) is 9.59. The maximum Gasteiger partial charge on any atom is 0.325 e. The zero-order chi connectivity index (χ0) is 21.4. The van der Waals surface area contributed by atoms with Gasteiger partial charge in [0.2, 0.25) is 5.91 Å². The predicted octanol–water partition coefficient (Wildman–Crippen LogP) is 3.48. The smallest absolute Gasteiger partial charge is 0.325 e. The number of urea groups is 1. The van der Waals surface area contributed by atoms with Crippen LogP contribution in [-0.4, -0.2) is 46.3 Å². The van der Waals surface area contributed by atoms with Gasteiger partial charge in [0.1, 0.15) is 12.1 Å². The molecule has 1 saturated heterocycles. The standard InChI is InChI=1S/C23H33N3O3/c1-6-25(13-18-10-8-7-9-17(18)3)19(27)14-26-20(28)23(24-21(26)29)12-16(2)11-22(4,5)15-23/h7-10,16H,6,11-15H2,1-5H3,(H,24,29). The van der Waals surface area contributed by atoms with E-state index in [1.165, 1.54) is 0 Å². The van der Waals surface area contributed by atoms with Crippen LogP contribution in [0.3, 0.4) is 0 Å². The number of amides is 4. The average Bonchev–Trinajstić information content (AvgIpc) is 2.82. The number of imide groups is 1. The van der Waals surface area contributed by atoms with E-state index in [9.17, 15) is 14.4 Å². The van der Waals surface area contributed by atoms with E-state index in [0.29, 0.717) is 31.8 Å². The zero-order valence-corrected chi connectivity index (χ0v) is 18.2. The summed E-state index contributed by atoms with van der Waals surface area (Å²) >= 11 is 0. The lowest BCUT2D eigenvalue weighted by Gasteiger charge is -2.43. The number of carbonyl (C=O) groups is 3. The Bertz CT molecular complexity index is 819. The molecule has 158 valence electrons. The summed E-state index contributed by atoms with van der Waals surface area (Å²) in [6.07, 6.45) is 2.27. The molecule has 29 heavy (non-hydrogen) atoms. The van der Waals surface area contributed by atoms with Crippen LogP contribution in [0.4, 0.5) is 4.79 Å². The quantitative estimate of drug-likeness (QED) is 0.771. The van der Waals surface area contributed by atoms with Crippen LogP contribution >= 0.6 is 0 Å². The lowest BCUT2D eigenvalue weighted by molar-refractivity contribution is -0.141. The fourth-order valence-electron chi connectivity index (χ4n) is 5.25. The summed E-state index contributed by atoms with van der Waals surface area (Å²) in [4.78, 5) is 41.7. The Morgan fingerprint density at radius 2 is 1.93 bits per heavy atom. The van der Waals surface area contributed by atoms with Crippen LogP contribution in [0.1, 0.15) is 58.1 Å². The van der Waals surface area contributed by atoms with E-state index < -0.39 is 11.6 Å². The average molecular weight is 400 g/mol. The molecule has 1 aliphatic heterocycles. The number of benzene rings is 1. The van der Waals surface area contributed by atoms with E-state index in [2.05, 4.69) is 26.1 Å². The molecule has 0 aromatic heterocycles. The van der Waals surface area contributed by atoms with Gasteiger partial charge in [-0.3, -0.25) is 14.5 Å². The Morgan fingerprint density at radius 1 is 1.24 bits per heavy atom. The second-order valence-electron chi connectivity index (χ2n) is 9.59. The molecule has 4 amide bonds. The molecule has 1 N–H and O–H groups in total. The molecule has 6 heteroatoms. The Hall–Kier alpha value is -2.37. The third kappa shape index (κ3) is 4.31. The van der Waals surface area contributed by atoms with Crippen LogP contribution in [0.2, 0.25) is 0 Å². The van der Waals surface area contributed by atoms with Crippen molar-refractivity contribution in [3.05, 3.63) is 35.4 Å². The molecule has 1 spiro atoms. The number of carbonyl (C=O) groups excluding carboxylic acids is 3. The number of hydrogen-bond acceptors (Lipinski definition) is 3. The third-order valence-electron chi connectivity index (χ3n) is 6.27. The minimum Gasteiger partial charge on any atom is -0.337 e. The second kappa shape index (κ2) is 7.81. The molecule has 2 fully saturated rings. The van der Waals surface area contributed by atoms with Gasteiger partial charge < -0.3 is 10.2 Å². The van der Waals surface area contributed by atoms with Gasteiger partial charge in [0.05, 0.1) is 0 Å². The van der Waals surface area contributed by atoms with Crippen LogP contribution in [0.15, 0.2) is 24.3 Å². The molecule has 1 aromatic rings. The largest absolute Gasteiger partial charge is 0.337 e. The number of rotatable bonds is 5. The highest BCUT2D eigenvalue weighted by molar-refractivity contribution is 6.09. The molecule has 2 unspecified atom stereocenters. The van der Waals surface area contributed by atoms with E-state index in [1.54, 1.807) is 4.90 Å². The molecule has 1 heterocycles. The number of hydrogen-bond donors (Lipinski definition) is 1. The first-order valence-electron chi connectivity index (χ1n) is 10.5. The van der Waals surface area contributed by atoms with Crippen molar-refractivity contribution >= 4 is 17.8 Å². The summed E-state index contributed by atoms with van der Waals surface area (Å²) in [7, 11) is 0. The van der Waals surface area contributed by atoms with Crippen molar-refractivity contribution in [1.82, 2.24) is 15.1 Å². The minimum absolute atomic E-state index is 0.0269.